The third kappa shape index (κ3) is 5.98. The highest BCUT2D eigenvalue weighted by atomic mass is 35.5. The molecule has 1 saturated heterocycles. The molecule has 2 aliphatic rings. The molecule has 0 radical (unpaired) electrons. The Hall–Kier alpha value is -2.66. The summed E-state index contributed by atoms with van der Waals surface area (Å²) in [6, 6.07) is 6.37. The maximum absolute atomic E-state index is 13.3. The topological polar surface area (TPSA) is 110 Å². The molecule has 204 valence electrons. The lowest BCUT2D eigenvalue weighted by Gasteiger charge is -2.39. The van der Waals surface area contributed by atoms with Gasteiger partial charge in [-0.1, -0.05) is 25.4 Å². The van der Waals surface area contributed by atoms with E-state index in [1.807, 2.05) is 19.9 Å². The van der Waals surface area contributed by atoms with Gasteiger partial charge in [0.15, 0.2) is 5.01 Å². The smallest absolute Gasteiger partial charge is 0.280 e. The van der Waals surface area contributed by atoms with Crippen LogP contribution < -0.4 is 10.6 Å². The SMILES string of the molecule is CC(C)C(=O)N1CC[C@H](NC(=O)c2cc3cc(Cl)ccc3[nH]2)[C@H](NC(=O)c2nc3c(s2)CN(C)CC3)C1.Cl. The lowest BCUT2D eigenvalue weighted by molar-refractivity contribution is -0.136. The molecule has 0 unspecified atom stereocenters. The van der Waals surface area contributed by atoms with Crippen LogP contribution in [0.15, 0.2) is 24.3 Å². The van der Waals surface area contributed by atoms with E-state index in [-0.39, 0.29) is 42.1 Å². The van der Waals surface area contributed by atoms with Crippen molar-refractivity contribution in [3.05, 3.63) is 50.6 Å². The number of carbonyl (C=O) groups is 3. The van der Waals surface area contributed by atoms with Crippen LogP contribution in [-0.4, -0.2) is 76.3 Å². The summed E-state index contributed by atoms with van der Waals surface area (Å²) >= 11 is 7.50. The zero-order valence-electron chi connectivity index (χ0n) is 21.5. The molecule has 0 bridgehead atoms. The van der Waals surface area contributed by atoms with Crippen LogP contribution in [0.5, 0.6) is 0 Å². The molecule has 2 aromatic heterocycles. The number of likely N-dealkylation sites (N-methyl/N-ethyl adjacent to an activating group) is 1. The number of fused-ring (bicyclic) bond motifs is 2. The summed E-state index contributed by atoms with van der Waals surface area (Å²) in [6.45, 7) is 6.26. The molecule has 0 spiro atoms. The number of rotatable bonds is 5. The first-order valence-corrected chi connectivity index (χ1v) is 13.7. The molecule has 3 aromatic rings. The number of halogens is 2. The number of hydrogen-bond donors (Lipinski definition) is 3. The maximum atomic E-state index is 13.3. The number of nitrogens with one attached hydrogen (secondary N) is 3. The van der Waals surface area contributed by atoms with Crippen molar-refractivity contribution in [3.63, 3.8) is 0 Å². The van der Waals surface area contributed by atoms with E-state index in [2.05, 4.69) is 32.5 Å². The second-order valence-corrected chi connectivity index (χ2v) is 11.7. The highest BCUT2D eigenvalue weighted by Crippen LogP contribution is 2.25. The quantitative estimate of drug-likeness (QED) is 0.429. The molecular weight excluding hydrogens is 547 g/mol. The number of nitrogens with zero attached hydrogens (tertiary/aromatic N) is 3. The largest absolute Gasteiger partial charge is 0.351 e. The number of H-pyrrole nitrogens is 1. The fraction of sp³-hybridized carbons (Fsp3) is 0.462. The normalized spacial score (nSPS) is 19.7. The molecule has 38 heavy (non-hydrogen) atoms. The van der Waals surface area contributed by atoms with E-state index in [1.165, 1.54) is 11.3 Å². The summed E-state index contributed by atoms with van der Waals surface area (Å²) in [5.41, 5.74) is 2.21. The number of aromatic amines is 1. The fourth-order valence-electron chi connectivity index (χ4n) is 4.96. The van der Waals surface area contributed by atoms with Crippen molar-refractivity contribution in [2.24, 2.45) is 5.92 Å². The van der Waals surface area contributed by atoms with Crippen molar-refractivity contribution in [2.45, 2.75) is 45.3 Å². The summed E-state index contributed by atoms with van der Waals surface area (Å²) in [4.78, 5) is 52.0. The Labute approximate surface area is 236 Å². The first-order valence-electron chi connectivity index (χ1n) is 12.5. The predicted octanol–water partition coefficient (Wildman–Crippen LogP) is 3.47. The van der Waals surface area contributed by atoms with Crippen LogP contribution in [0.2, 0.25) is 5.02 Å². The zero-order valence-corrected chi connectivity index (χ0v) is 23.9. The van der Waals surface area contributed by atoms with Gasteiger partial charge in [0.2, 0.25) is 5.91 Å². The maximum Gasteiger partial charge on any atom is 0.280 e. The first-order chi connectivity index (χ1) is 17.7. The van der Waals surface area contributed by atoms with Gasteiger partial charge in [0, 0.05) is 59.3 Å². The van der Waals surface area contributed by atoms with Crippen LogP contribution in [-0.2, 0) is 17.8 Å². The van der Waals surface area contributed by atoms with Crippen LogP contribution in [0.3, 0.4) is 0 Å². The Kier molecular flexibility index (Phi) is 8.66. The Bertz CT molecular complexity index is 1360. The minimum Gasteiger partial charge on any atom is -0.351 e. The van der Waals surface area contributed by atoms with Crippen LogP contribution >= 0.6 is 35.3 Å². The zero-order chi connectivity index (χ0) is 26.3. The van der Waals surface area contributed by atoms with E-state index in [9.17, 15) is 14.4 Å². The summed E-state index contributed by atoms with van der Waals surface area (Å²) in [7, 11) is 2.06. The minimum absolute atomic E-state index is 0. The van der Waals surface area contributed by atoms with Crippen molar-refractivity contribution in [1.82, 2.24) is 30.4 Å². The Morgan fingerprint density at radius 1 is 1.13 bits per heavy atom. The van der Waals surface area contributed by atoms with Gasteiger partial charge in [-0.3, -0.25) is 14.4 Å². The number of amides is 3. The summed E-state index contributed by atoms with van der Waals surface area (Å²) in [5, 5.41) is 8.02. The van der Waals surface area contributed by atoms with Crippen molar-refractivity contribution in [1.29, 1.82) is 0 Å². The van der Waals surface area contributed by atoms with E-state index in [0.29, 0.717) is 35.2 Å². The van der Waals surface area contributed by atoms with Gasteiger partial charge in [0.1, 0.15) is 5.69 Å². The molecule has 12 heteroatoms. The third-order valence-electron chi connectivity index (χ3n) is 7.00. The van der Waals surface area contributed by atoms with E-state index < -0.39 is 6.04 Å². The monoisotopic (exact) mass is 578 g/mol. The first kappa shape index (κ1) is 28.4. The molecule has 2 aliphatic heterocycles. The Morgan fingerprint density at radius 2 is 1.89 bits per heavy atom. The van der Waals surface area contributed by atoms with Crippen LogP contribution in [0.4, 0.5) is 0 Å². The number of thiazole rings is 1. The predicted molar refractivity (Wildman–Crippen MR) is 151 cm³/mol. The van der Waals surface area contributed by atoms with Crippen molar-refractivity contribution in [2.75, 3.05) is 26.7 Å². The van der Waals surface area contributed by atoms with Gasteiger partial charge in [-0.2, -0.15) is 0 Å². The van der Waals surface area contributed by atoms with Gasteiger partial charge < -0.3 is 25.4 Å². The number of aromatic nitrogens is 2. The van der Waals surface area contributed by atoms with Crippen LogP contribution in [0.25, 0.3) is 10.9 Å². The number of carbonyl (C=O) groups excluding carboxylic acids is 3. The van der Waals surface area contributed by atoms with E-state index in [0.717, 1.165) is 41.0 Å². The van der Waals surface area contributed by atoms with Crippen molar-refractivity contribution < 1.29 is 14.4 Å². The van der Waals surface area contributed by atoms with Gasteiger partial charge in [0.05, 0.1) is 17.8 Å². The lowest BCUT2D eigenvalue weighted by atomic mass is 9.97. The van der Waals surface area contributed by atoms with E-state index in [1.54, 1.807) is 23.1 Å². The lowest BCUT2D eigenvalue weighted by Crippen LogP contribution is -2.61. The third-order valence-corrected chi connectivity index (χ3v) is 8.31. The van der Waals surface area contributed by atoms with Crippen LogP contribution in [0, 0.1) is 5.92 Å². The highest BCUT2D eigenvalue weighted by molar-refractivity contribution is 7.13. The molecule has 0 saturated carbocycles. The Balaban J connectivity index is 0.00000336. The average Bonchev–Trinajstić information content (AvgIpc) is 3.48. The van der Waals surface area contributed by atoms with Crippen LogP contribution in [0.1, 0.15) is 51.1 Å². The van der Waals surface area contributed by atoms with Crippen molar-refractivity contribution in [3.8, 4) is 0 Å². The molecule has 3 N–H and O–H groups in total. The highest BCUT2D eigenvalue weighted by Gasteiger charge is 2.35. The van der Waals surface area contributed by atoms with Gasteiger partial charge in [0.25, 0.3) is 11.8 Å². The minimum atomic E-state index is -0.449. The molecule has 0 aliphatic carbocycles. The molecule has 1 fully saturated rings. The Morgan fingerprint density at radius 3 is 2.66 bits per heavy atom. The second kappa shape index (κ2) is 11.6. The average molecular weight is 580 g/mol. The van der Waals surface area contributed by atoms with Crippen molar-refractivity contribution >= 4 is 64.0 Å². The molecule has 1 aromatic carbocycles. The molecule has 5 rings (SSSR count). The van der Waals surface area contributed by atoms with Gasteiger partial charge >= 0.3 is 0 Å². The summed E-state index contributed by atoms with van der Waals surface area (Å²) in [6.07, 6.45) is 1.35. The second-order valence-electron chi connectivity index (χ2n) is 10.2. The summed E-state index contributed by atoms with van der Waals surface area (Å²) in [5.74, 6) is -0.661. The summed E-state index contributed by atoms with van der Waals surface area (Å²) < 4.78 is 0. The molecule has 3 amide bonds. The number of piperidine rings is 1. The molecule has 4 heterocycles. The molecule has 2 atom stereocenters. The number of hydrogen-bond acceptors (Lipinski definition) is 6. The number of likely N-dealkylation sites (tertiary alicyclic amines) is 1. The fourth-order valence-corrected chi connectivity index (χ4v) is 6.23. The van der Waals surface area contributed by atoms with Gasteiger partial charge in [-0.05, 0) is 37.7 Å². The van der Waals surface area contributed by atoms with Gasteiger partial charge in [-0.25, -0.2) is 4.98 Å². The van der Waals surface area contributed by atoms with E-state index in [4.69, 9.17) is 11.6 Å². The molecular formula is C26H32Cl2N6O3S. The van der Waals surface area contributed by atoms with Gasteiger partial charge in [-0.15, -0.1) is 23.7 Å². The number of benzene rings is 1. The van der Waals surface area contributed by atoms with E-state index >= 15 is 0 Å². The standard InChI is InChI=1S/C26H31ClN6O3S.ClH/c1-14(2)26(36)33-9-7-18(29-23(34)20-11-15-10-16(27)4-5-17(15)28-20)21(12-33)30-24(35)25-31-19-6-8-32(3)13-22(19)37-25;/h4-5,10-11,14,18,21,28H,6-9,12-13H2,1-3H3,(H,29,34)(H,30,35);1H/t18-,21+;/m0./s1. The molecule has 9 nitrogen and oxygen atoms in total.